The monoisotopic (exact) mass is 420 g/mol. The largest absolute Gasteiger partial charge is 0.379 e. The molecule has 0 amide bonds. The lowest BCUT2D eigenvalue weighted by Crippen LogP contribution is -2.40. The number of sulfonamides is 1. The molecule has 0 saturated carbocycles. The normalized spacial score (nSPS) is 16.7. The van der Waals surface area contributed by atoms with Crippen LogP contribution in [-0.2, 0) is 14.8 Å². The summed E-state index contributed by atoms with van der Waals surface area (Å²) >= 11 is 1.33. The second-order valence-corrected chi connectivity index (χ2v) is 10.1. The smallest absolute Gasteiger partial charge is 0.244 e. The number of aromatic nitrogens is 1. The maximum Gasteiger partial charge on any atom is 0.244 e. The molecule has 2 aromatic rings. The number of thioether (sulfide) groups is 1. The Bertz CT molecular complexity index is 953. The molecule has 0 N–H and O–H groups in total. The summed E-state index contributed by atoms with van der Waals surface area (Å²) in [5, 5.41) is 0.293. The summed E-state index contributed by atoms with van der Waals surface area (Å²) in [6, 6.07) is 9.04. The standard InChI is InChI=1S/C20H24N2O4S2/c1-14-4-5-15(2)18(12-14)20(23)16(3)27-19-7-6-17(13-21-19)28(24,25)22-8-10-26-11-9-22/h4-7,12-13,16H,8-11H2,1-3H3/t16-/m1/s1. The lowest BCUT2D eigenvalue weighted by molar-refractivity contribution is 0.0730. The fourth-order valence-corrected chi connectivity index (χ4v) is 5.19. The molecule has 8 heteroatoms. The lowest BCUT2D eigenvalue weighted by Gasteiger charge is -2.25. The van der Waals surface area contributed by atoms with E-state index in [2.05, 4.69) is 4.98 Å². The van der Waals surface area contributed by atoms with Crippen molar-refractivity contribution in [1.82, 2.24) is 9.29 Å². The molecule has 150 valence electrons. The first kappa shape index (κ1) is 21.0. The number of ketones is 1. The molecule has 0 aliphatic carbocycles. The van der Waals surface area contributed by atoms with Gasteiger partial charge in [-0.3, -0.25) is 4.79 Å². The number of carbonyl (C=O) groups is 1. The van der Waals surface area contributed by atoms with Crippen molar-refractivity contribution in [3.63, 3.8) is 0 Å². The van der Waals surface area contributed by atoms with Gasteiger partial charge in [-0.2, -0.15) is 4.31 Å². The van der Waals surface area contributed by atoms with Crippen LogP contribution in [0.3, 0.4) is 0 Å². The second kappa shape index (κ2) is 8.73. The zero-order valence-electron chi connectivity index (χ0n) is 16.2. The van der Waals surface area contributed by atoms with E-state index in [1.54, 1.807) is 12.1 Å². The Balaban J connectivity index is 1.71. The van der Waals surface area contributed by atoms with Crippen molar-refractivity contribution in [2.75, 3.05) is 26.3 Å². The van der Waals surface area contributed by atoms with Crippen LogP contribution in [0.25, 0.3) is 0 Å². The topological polar surface area (TPSA) is 76.6 Å². The van der Waals surface area contributed by atoms with Crippen molar-refractivity contribution < 1.29 is 17.9 Å². The predicted octanol–water partition coefficient (Wildman–Crippen LogP) is 3.08. The molecule has 0 bridgehead atoms. The van der Waals surface area contributed by atoms with E-state index in [-0.39, 0.29) is 15.9 Å². The Hall–Kier alpha value is -1.74. The molecule has 2 heterocycles. The highest BCUT2D eigenvalue weighted by Crippen LogP contribution is 2.27. The molecule has 1 fully saturated rings. The number of ether oxygens (including phenoxy) is 1. The molecule has 3 rings (SSSR count). The lowest BCUT2D eigenvalue weighted by atomic mass is 10.0. The number of rotatable bonds is 6. The molecule has 1 aromatic carbocycles. The van der Waals surface area contributed by atoms with E-state index in [4.69, 9.17) is 4.74 Å². The Morgan fingerprint density at radius 2 is 1.89 bits per heavy atom. The van der Waals surface area contributed by atoms with Crippen LogP contribution >= 0.6 is 11.8 Å². The van der Waals surface area contributed by atoms with Crippen LogP contribution in [0, 0.1) is 13.8 Å². The second-order valence-electron chi connectivity index (χ2n) is 6.79. The van der Waals surface area contributed by atoms with Crippen LogP contribution in [0.2, 0.25) is 0 Å². The van der Waals surface area contributed by atoms with Gasteiger partial charge in [0, 0.05) is 24.8 Å². The van der Waals surface area contributed by atoms with E-state index in [0.29, 0.717) is 36.9 Å². The first-order valence-electron chi connectivity index (χ1n) is 9.11. The Labute approximate surface area is 170 Å². The van der Waals surface area contributed by atoms with Crippen LogP contribution < -0.4 is 0 Å². The third-order valence-electron chi connectivity index (χ3n) is 4.64. The molecule has 6 nitrogen and oxygen atoms in total. The van der Waals surface area contributed by atoms with E-state index in [0.717, 1.165) is 11.1 Å². The molecule has 1 aliphatic heterocycles. The summed E-state index contributed by atoms with van der Waals surface area (Å²) in [4.78, 5) is 17.2. The quantitative estimate of drug-likeness (QED) is 0.528. The fourth-order valence-electron chi connectivity index (χ4n) is 2.98. The van der Waals surface area contributed by atoms with Gasteiger partial charge in [-0.05, 0) is 44.5 Å². The summed E-state index contributed by atoms with van der Waals surface area (Å²) in [6.45, 7) is 7.23. The van der Waals surface area contributed by atoms with Crippen LogP contribution in [0.4, 0.5) is 0 Å². The molecule has 0 radical (unpaired) electrons. The molecule has 1 saturated heterocycles. The average Bonchev–Trinajstić information content (AvgIpc) is 2.70. The van der Waals surface area contributed by atoms with Gasteiger partial charge in [-0.25, -0.2) is 13.4 Å². The Morgan fingerprint density at radius 3 is 2.54 bits per heavy atom. The summed E-state index contributed by atoms with van der Waals surface area (Å²) in [5.74, 6) is 0.0398. The number of aryl methyl sites for hydroxylation is 2. The van der Waals surface area contributed by atoms with Gasteiger partial charge in [0.15, 0.2) is 5.78 Å². The van der Waals surface area contributed by atoms with E-state index < -0.39 is 10.0 Å². The van der Waals surface area contributed by atoms with Gasteiger partial charge in [0.25, 0.3) is 0 Å². The predicted molar refractivity (Wildman–Crippen MR) is 109 cm³/mol. The SMILES string of the molecule is Cc1ccc(C)c(C(=O)[C@@H](C)Sc2ccc(S(=O)(=O)N3CCOCC3)cn2)c1. The van der Waals surface area contributed by atoms with Gasteiger partial charge in [0.1, 0.15) is 4.90 Å². The van der Waals surface area contributed by atoms with Crippen molar-refractivity contribution in [2.45, 2.75) is 35.9 Å². The third-order valence-corrected chi connectivity index (χ3v) is 7.58. The Morgan fingerprint density at radius 1 is 1.18 bits per heavy atom. The molecule has 1 aromatic heterocycles. The number of benzene rings is 1. The van der Waals surface area contributed by atoms with Gasteiger partial charge in [0.2, 0.25) is 10.0 Å². The zero-order valence-corrected chi connectivity index (χ0v) is 17.8. The number of hydrogen-bond donors (Lipinski definition) is 0. The van der Waals surface area contributed by atoms with Crippen molar-refractivity contribution in [3.8, 4) is 0 Å². The molecule has 0 unspecified atom stereocenters. The highest BCUT2D eigenvalue weighted by Gasteiger charge is 2.27. The molecule has 28 heavy (non-hydrogen) atoms. The molecule has 1 atom stereocenters. The summed E-state index contributed by atoms with van der Waals surface area (Å²) < 4.78 is 31.9. The van der Waals surface area contributed by atoms with Crippen molar-refractivity contribution in [1.29, 1.82) is 0 Å². The summed E-state index contributed by atoms with van der Waals surface area (Å²) in [5.41, 5.74) is 2.71. The van der Waals surface area contributed by atoms with Gasteiger partial charge in [-0.1, -0.05) is 29.5 Å². The summed E-state index contributed by atoms with van der Waals surface area (Å²) in [7, 11) is -3.56. The van der Waals surface area contributed by atoms with Gasteiger partial charge >= 0.3 is 0 Å². The first-order valence-corrected chi connectivity index (χ1v) is 11.4. The molecule has 1 aliphatic rings. The van der Waals surface area contributed by atoms with Crippen LogP contribution in [0.5, 0.6) is 0 Å². The minimum atomic E-state index is -3.56. The van der Waals surface area contributed by atoms with Crippen molar-refractivity contribution in [2.24, 2.45) is 0 Å². The van der Waals surface area contributed by atoms with Gasteiger partial charge in [0.05, 0.1) is 23.5 Å². The molecular weight excluding hydrogens is 396 g/mol. The average molecular weight is 421 g/mol. The summed E-state index contributed by atoms with van der Waals surface area (Å²) in [6.07, 6.45) is 1.36. The fraction of sp³-hybridized carbons (Fsp3) is 0.400. The Kier molecular flexibility index (Phi) is 6.54. The minimum absolute atomic E-state index is 0.0398. The number of nitrogens with zero attached hydrogens (tertiary/aromatic N) is 2. The number of pyridine rings is 1. The highest BCUT2D eigenvalue weighted by atomic mass is 32.2. The van der Waals surface area contributed by atoms with Crippen molar-refractivity contribution >= 4 is 27.6 Å². The van der Waals surface area contributed by atoms with E-state index in [9.17, 15) is 13.2 Å². The maximum atomic E-state index is 12.8. The van der Waals surface area contributed by atoms with E-state index in [1.165, 1.54) is 22.3 Å². The van der Waals surface area contributed by atoms with Crippen LogP contribution in [0.15, 0.2) is 46.5 Å². The number of hydrogen-bond acceptors (Lipinski definition) is 6. The third kappa shape index (κ3) is 4.63. The number of carbonyl (C=O) groups excluding carboxylic acids is 1. The maximum absolute atomic E-state index is 12.8. The van der Waals surface area contributed by atoms with E-state index >= 15 is 0 Å². The van der Waals surface area contributed by atoms with Crippen molar-refractivity contribution in [3.05, 3.63) is 53.2 Å². The number of Topliss-reactive ketones (excluding diaryl/α,β-unsaturated/α-hetero) is 1. The minimum Gasteiger partial charge on any atom is -0.379 e. The number of morpholine rings is 1. The molecular formula is C20H24N2O4S2. The van der Waals surface area contributed by atoms with Crippen LogP contribution in [-0.4, -0.2) is 55.0 Å². The first-order chi connectivity index (χ1) is 13.3. The van der Waals surface area contributed by atoms with Gasteiger partial charge in [-0.15, -0.1) is 0 Å². The molecule has 0 spiro atoms. The van der Waals surface area contributed by atoms with Crippen LogP contribution in [0.1, 0.15) is 28.4 Å². The highest BCUT2D eigenvalue weighted by molar-refractivity contribution is 8.00. The zero-order chi connectivity index (χ0) is 20.3. The van der Waals surface area contributed by atoms with Gasteiger partial charge < -0.3 is 4.74 Å². The van der Waals surface area contributed by atoms with E-state index in [1.807, 2.05) is 39.0 Å².